The summed E-state index contributed by atoms with van der Waals surface area (Å²) < 4.78 is 7.44. The van der Waals surface area contributed by atoms with Gasteiger partial charge < -0.3 is 15.2 Å². The Hall–Kier alpha value is -1.96. The molecule has 2 N–H and O–H groups in total. The average molecular weight is 331 g/mol. The van der Waals surface area contributed by atoms with E-state index in [1.165, 1.54) is 16.9 Å². The third-order valence-corrected chi connectivity index (χ3v) is 5.08. The molecule has 0 bridgehead atoms. The number of carboxylic acid groups (broad SMARTS) is 1. The van der Waals surface area contributed by atoms with Crippen molar-refractivity contribution in [3.63, 3.8) is 0 Å². The van der Waals surface area contributed by atoms with Crippen molar-refractivity contribution in [3.8, 4) is 0 Å². The summed E-state index contributed by atoms with van der Waals surface area (Å²) in [7, 11) is 0. The number of thiazole rings is 1. The number of aromatic carboxylic acids is 1. The van der Waals surface area contributed by atoms with Crippen LogP contribution in [0, 0.1) is 0 Å². The molecular formula is C16H17N3O3S. The van der Waals surface area contributed by atoms with Crippen molar-refractivity contribution in [1.29, 1.82) is 0 Å². The van der Waals surface area contributed by atoms with Crippen LogP contribution in [0.2, 0.25) is 0 Å². The molecule has 6 nitrogen and oxygen atoms in total. The van der Waals surface area contributed by atoms with Gasteiger partial charge in [0.05, 0.1) is 17.1 Å². The first-order valence-corrected chi connectivity index (χ1v) is 8.48. The Morgan fingerprint density at radius 1 is 1.52 bits per heavy atom. The molecule has 1 aliphatic rings. The van der Waals surface area contributed by atoms with Crippen LogP contribution in [-0.2, 0) is 11.3 Å². The molecule has 0 saturated carbocycles. The first kappa shape index (κ1) is 14.6. The van der Waals surface area contributed by atoms with E-state index in [1.807, 2.05) is 10.5 Å². The zero-order valence-electron chi connectivity index (χ0n) is 12.5. The molecule has 0 amide bonds. The van der Waals surface area contributed by atoms with Gasteiger partial charge in [0, 0.05) is 25.9 Å². The molecule has 1 unspecified atom stereocenters. The topological polar surface area (TPSA) is 75.9 Å². The van der Waals surface area contributed by atoms with E-state index in [0.29, 0.717) is 15.9 Å². The lowest BCUT2D eigenvalue weighted by Crippen LogP contribution is -2.25. The molecule has 1 saturated heterocycles. The van der Waals surface area contributed by atoms with Gasteiger partial charge in [0.2, 0.25) is 0 Å². The lowest BCUT2D eigenvalue weighted by atomic mass is 10.2. The average Bonchev–Trinajstić information content (AvgIpc) is 3.21. The quantitative estimate of drug-likeness (QED) is 0.751. The molecule has 1 fully saturated rings. The normalized spacial score (nSPS) is 18.2. The Kier molecular flexibility index (Phi) is 3.76. The highest BCUT2D eigenvalue weighted by molar-refractivity contribution is 7.18. The van der Waals surface area contributed by atoms with Gasteiger partial charge in [-0.05, 0) is 30.5 Å². The van der Waals surface area contributed by atoms with Gasteiger partial charge in [0.25, 0.3) is 0 Å². The summed E-state index contributed by atoms with van der Waals surface area (Å²) in [4.78, 5) is 16.6. The molecule has 4 rings (SSSR count). The molecule has 23 heavy (non-hydrogen) atoms. The number of rotatable bonds is 5. The molecule has 2 aromatic heterocycles. The van der Waals surface area contributed by atoms with Crippen LogP contribution in [0.15, 0.2) is 24.4 Å². The van der Waals surface area contributed by atoms with Gasteiger partial charge in [-0.1, -0.05) is 17.4 Å². The smallest absolute Gasteiger partial charge is 0.347 e. The van der Waals surface area contributed by atoms with Crippen LogP contribution in [-0.4, -0.2) is 39.7 Å². The van der Waals surface area contributed by atoms with Crippen molar-refractivity contribution in [2.75, 3.05) is 13.2 Å². The number of aromatic nitrogens is 2. The molecule has 120 valence electrons. The zero-order valence-corrected chi connectivity index (χ0v) is 13.3. The molecule has 3 aromatic rings. The van der Waals surface area contributed by atoms with E-state index in [2.05, 4.69) is 22.4 Å². The number of hydrogen-bond acceptors (Lipinski definition) is 5. The number of imidazole rings is 1. The number of carbonyl (C=O) groups is 1. The number of benzene rings is 1. The third-order valence-electron chi connectivity index (χ3n) is 4.11. The fourth-order valence-corrected chi connectivity index (χ4v) is 3.79. The van der Waals surface area contributed by atoms with E-state index in [0.717, 1.165) is 43.6 Å². The Balaban J connectivity index is 1.52. The number of fused-ring (bicyclic) bond motifs is 3. The lowest BCUT2D eigenvalue weighted by Gasteiger charge is -2.10. The van der Waals surface area contributed by atoms with E-state index in [9.17, 15) is 4.79 Å². The maximum Gasteiger partial charge on any atom is 0.347 e. The van der Waals surface area contributed by atoms with Crippen molar-refractivity contribution in [1.82, 2.24) is 14.7 Å². The summed E-state index contributed by atoms with van der Waals surface area (Å²) in [6.45, 7) is 2.53. The van der Waals surface area contributed by atoms with Gasteiger partial charge in [-0.25, -0.2) is 9.78 Å². The van der Waals surface area contributed by atoms with Crippen LogP contribution >= 0.6 is 11.3 Å². The first-order chi connectivity index (χ1) is 11.2. The number of nitrogens with zero attached hydrogens (tertiary/aromatic N) is 2. The van der Waals surface area contributed by atoms with Gasteiger partial charge in [-0.15, -0.1) is 0 Å². The van der Waals surface area contributed by atoms with E-state index in [4.69, 9.17) is 9.84 Å². The number of carboxylic acids is 1. The van der Waals surface area contributed by atoms with Crippen LogP contribution in [0.25, 0.3) is 16.0 Å². The van der Waals surface area contributed by atoms with Crippen molar-refractivity contribution in [2.24, 2.45) is 0 Å². The van der Waals surface area contributed by atoms with Gasteiger partial charge in [-0.3, -0.25) is 4.40 Å². The minimum absolute atomic E-state index is 0.303. The predicted molar refractivity (Wildman–Crippen MR) is 88.2 cm³/mol. The first-order valence-electron chi connectivity index (χ1n) is 7.67. The molecule has 1 aliphatic heterocycles. The second kappa shape index (κ2) is 5.92. The maximum absolute atomic E-state index is 11.0. The molecule has 1 aromatic carbocycles. The van der Waals surface area contributed by atoms with Crippen molar-refractivity contribution >= 4 is 33.3 Å². The summed E-state index contributed by atoms with van der Waals surface area (Å²) >= 11 is 1.19. The van der Waals surface area contributed by atoms with E-state index in [1.54, 1.807) is 6.20 Å². The van der Waals surface area contributed by atoms with E-state index < -0.39 is 5.97 Å². The minimum Gasteiger partial charge on any atom is -0.477 e. The molecule has 7 heteroatoms. The van der Waals surface area contributed by atoms with Gasteiger partial charge in [0.15, 0.2) is 4.96 Å². The third kappa shape index (κ3) is 2.83. The van der Waals surface area contributed by atoms with E-state index >= 15 is 0 Å². The summed E-state index contributed by atoms with van der Waals surface area (Å²) in [5.74, 6) is -0.913. The Morgan fingerprint density at radius 3 is 3.22 bits per heavy atom. The van der Waals surface area contributed by atoms with Crippen LogP contribution < -0.4 is 5.32 Å². The van der Waals surface area contributed by atoms with Gasteiger partial charge in [0.1, 0.15) is 4.88 Å². The highest BCUT2D eigenvalue weighted by atomic mass is 32.1. The van der Waals surface area contributed by atoms with Crippen molar-refractivity contribution < 1.29 is 14.6 Å². The maximum atomic E-state index is 11.0. The molecule has 0 aliphatic carbocycles. The fourth-order valence-electron chi connectivity index (χ4n) is 2.95. The molecule has 0 radical (unpaired) electrons. The SMILES string of the molecule is O=C(O)c1cn2c(nc3cc(CNCC4CCCO4)ccc32)s1. The van der Waals surface area contributed by atoms with Gasteiger partial charge >= 0.3 is 5.97 Å². The largest absolute Gasteiger partial charge is 0.477 e. The highest BCUT2D eigenvalue weighted by Crippen LogP contribution is 2.24. The van der Waals surface area contributed by atoms with Crippen molar-refractivity contribution in [2.45, 2.75) is 25.5 Å². The number of ether oxygens (including phenoxy) is 1. The van der Waals surface area contributed by atoms with E-state index in [-0.39, 0.29) is 0 Å². The molecular weight excluding hydrogens is 314 g/mol. The van der Waals surface area contributed by atoms with Crippen LogP contribution in [0.5, 0.6) is 0 Å². The monoisotopic (exact) mass is 331 g/mol. The van der Waals surface area contributed by atoms with Gasteiger partial charge in [-0.2, -0.15) is 0 Å². The zero-order chi connectivity index (χ0) is 15.8. The lowest BCUT2D eigenvalue weighted by molar-refractivity contribution is 0.0702. The second-order valence-electron chi connectivity index (χ2n) is 5.75. The van der Waals surface area contributed by atoms with Crippen molar-refractivity contribution in [3.05, 3.63) is 34.8 Å². The Bertz CT molecular complexity index is 864. The number of hydrogen-bond donors (Lipinski definition) is 2. The Labute approximate surface area is 136 Å². The van der Waals surface area contributed by atoms with Crippen LogP contribution in [0.3, 0.4) is 0 Å². The molecule has 0 spiro atoms. The highest BCUT2D eigenvalue weighted by Gasteiger charge is 2.15. The summed E-state index contributed by atoms with van der Waals surface area (Å²) in [6.07, 6.45) is 4.26. The summed E-state index contributed by atoms with van der Waals surface area (Å²) in [5.41, 5.74) is 3.00. The summed E-state index contributed by atoms with van der Waals surface area (Å²) in [6, 6.07) is 6.10. The van der Waals surface area contributed by atoms with Crippen LogP contribution in [0.1, 0.15) is 28.1 Å². The van der Waals surface area contributed by atoms with Crippen LogP contribution in [0.4, 0.5) is 0 Å². The minimum atomic E-state index is -0.913. The number of nitrogens with one attached hydrogen (secondary N) is 1. The Morgan fingerprint density at radius 2 is 2.43 bits per heavy atom. The fraction of sp³-hybridized carbons (Fsp3) is 0.375. The second-order valence-corrected chi connectivity index (χ2v) is 6.76. The predicted octanol–water partition coefficient (Wildman–Crippen LogP) is 2.52. The standard InChI is InChI=1S/C16H17N3O3S/c20-15(21)14-9-19-13-4-3-10(6-12(13)18-16(19)23-14)7-17-8-11-2-1-5-22-11/h3-4,6,9,11,17H,1-2,5,7-8H2,(H,20,21). The molecule has 1 atom stereocenters. The summed E-state index contributed by atoms with van der Waals surface area (Å²) in [5, 5.41) is 12.5. The molecule has 3 heterocycles.